The molecular formula is C17H19NO4. The summed E-state index contributed by atoms with van der Waals surface area (Å²) >= 11 is 0. The number of morpholine rings is 1. The predicted molar refractivity (Wildman–Crippen MR) is 78.3 cm³/mol. The van der Waals surface area contributed by atoms with Crippen LogP contribution in [0.3, 0.4) is 0 Å². The van der Waals surface area contributed by atoms with E-state index in [4.69, 9.17) is 4.74 Å². The molecule has 0 aromatic heterocycles. The first-order valence-corrected chi connectivity index (χ1v) is 7.83. The molecule has 1 amide bonds. The maximum Gasteiger partial charge on any atom is 0.319 e. The summed E-state index contributed by atoms with van der Waals surface area (Å²) in [7, 11) is 0. The maximum absolute atomic E-state index is 12.7. The minimum absolute atomic E-state index is 0.230. The number of carboxylic acids is 1. The second kappa shape index (κ2) is 4.56. The molecule has 1 atom stereocenters. The van der Waals surface area contributed by atoms with Crippen molar-refractivity contribution in [3.05, 3.63) is 35.4 Å². The van der Waals surface area contributed by atoms with Crippen LogP contribution >= 0.6 is 0 Å². The fourth-order valence-electron chi connectivity index (χ4n) is 3.87. The Morgan fingerprint density at radius 1 is 1.18 bits per heavy atom. The number of hydrogen-bond acceptors (Lipinski definition) is 3. The molecule has 0 radical (unpaired) electrons. The first-order valence-electron chi connectivity index (χ1n) is 7.83. The van der Waals surface area contributed by atoms with Gasteiger partial charge in [-0.2, -0.15) is 0 Å². The normalized spacial score (nSPS) is 28.5. The third-order valence-corrected chi connectivity index (χ3v) is 5.35. The minimum atomic E-state index is -1.16. The van der Waals surface area contributed by atoms with E-state index in [1.807, 2.05) is 12.1 Å². The summed E-state index contributed by atoms with van der Waals surface area (Å²) in [5, 5.41) is 9.34. The highest BCUT2D eigenvalue weighted by molar-refractivity contribution is 6.04. The molecule has 1 aromatic carbocycles. The average molecular weight is 301 g/mol. The fraction of sp³-hybridized carbons (Fsp3) is 0.529. The lowest BCUT2D eigenvalue weighted by Crippen LogP contribution is -2.53. The lowest BCUT2D eigenvalue weighted by Gasteiger charge is -2.42. The fourth-order valence-corrected chi connectivity index (χ4v) is 3.87. The molecule has 5 nitrogen and oxygen atoms in total. The van der Waals surface area contributed by atoms with E-state index in [9.17, 15) is 14.7 Å². The van der Waals surface area contributed by atoms with Gasteiger partial charge in [-0.05, 0) is 36.8 Å². The topological polar surface area (TPSA) is 66.8 Å². The molecule has 1 spiro atoms. The minimum Gasteiger partial charge on any atom is -0.480 e. The summed E-state index contributed by atoms with van der Waals surface area (Å²) in [6, 6.07) is 8.19. The number of aliphatic carboxylic acids is 1. The Hall–Kier alpha value is -1.88. The van der Waals surface area contributed by atoms with Crippen LogP contribution in [0, 0.1) is 5.41 Å². The Morgan fingerprint density at radius 3 is 2.68 bits per heavy atom. The molecule has 4 rings (SSSR count). The van der Waals surface area contributed by atoms with Gasteiger partial charge in [0.2, 0.25) is 5.91 Å². The van der Waals surface area contributed by atoms with Gasteiger partial charge < -0.3 is 14.7 Å². The van der Waals surface area contributed by atoms with E-state index in [2.05, 4.69) is 12.1 Å². The third kappa shape index (κ3) is 1.81. The van der Waals surface area contributed by atoms with Crippen molar-refractivity contribution >= 4 is 11.9 Å². The van der Waals surface area contributed by atoms with E-state index in [0.29, 0.717) is 32.5 Å². The number of fused-ring (bicyclic) bond motifs is 2. The van der Waals surface area contributed by atoms with Gasteiger partial charge in [-0.3, -0.25) is 9.59 Å². The maximum atomic E-state index is 12.7. The summed E-state index contributed by atoms with van der Waals surface area (Å²) in [6.07, 6.45) is 2.72. The van der Waals surface area contributed by atoms with E-state index in [0.717, 1.165) is 18.4 Å². The van der Waals surface area contributed by atoms with Crippen molar-refractivity contribution in [1.82, 2.24) is 4.90 Å². The number of carboxylic acid groups (broad SMARTS) is 1. The molecule has 2 fully saturated rings. The van der Waals surface area contributed by atoms with E-state index in [1.54, 1.807) is 4.90 Å². The summed E-state index contributed by atoms with van der Waals surface area (Å²) < 4.78 is 6.09. The zero-order valence-electron chi connectivity index (χ0n) is 12.4. The Morgan fingerprint density at radius 2 is 1.95 bits per heavy atom. The molecule has 1 saturated carbocycles. The van der Waals surface area contributed by atoms with Crippen LogP contribution in [0.4, 0.5) is 0 Å². The number of carbonyl (C=O) groups is 2. The van der Waals surface area contributed by atoms with Crippen molar-refractivity contribution in [1.29, 1.82) is 0 Å². The zero-order chi connectivity index (χ0) is 15.4. The molecule has 5 heteroatoms. The zero-order valence-corrected chi connectivity index (χ0v) is 12.4. The molecule has 3 aliphatic rings. The quantitative estimate of drug-likeness (QED) is 0.842. The SMILES string of the molecule is O=C(O)C1(C(=O)N2CCOC3(CCc4ccccc43)C2)CC1. The van der Waals surface area contributed by atoms with Gasteiger partial charge in [0.25, 0.3) is 0 Å². The van der Waals surface area contributed by atoms with Gasteiger partial charge in [-0.25, -0.2) is 0 Å². The molecule has 1 unspecified atom stereocenters. The van der Waals surface area contributed by atoms with Crippen molar-refractivity contribution < 1.29 is 19.4 Å². The number of hydrogen-bond donors (Lipinski definition) is 1. The van der Waals surface area contributed by atoms with E-state index in [1.165, 1.54) is 5.56 Å². The van der Waals surface area contributed by atoms with E-state index in [-0.39, 0.29) is 5.91 Å². The summed E-state index contributed by atoms with van der Waals surface area (Å²) in [5.41, 5.74) is 0.833. The molecule has 1 aliphatic heterocycles. The number of nitrogens with zero attached hydrogens (tertiary/aromatic N) is 1. The van der Waals surface area contributed by atoms with Crippen LogP contribution in [-0.4, -0.2) is 41.6 Å². The number of ether oxygens (including phenoxy) is 1. The highest BCUT2D eigenvalue weighted by Gasteiger charge is 2.59. The van der Waals surface area contributed by atoms with Crippen LogP contribution in [0.5, 0.6) is 0 Å². The molecule has 1 aromatic rings. The lowest BCUT2D eigenvalue weighted by atomic mass is 9.92. The standard InChI is InChI=1S/C17H19NO4/c19-14(16(7-8-16)15(20)21)18-9-10-22-17(11-18)6-5-12-3-1-2-4-13(12)17/h1-4H,5-11H2,(H,20,21). The molecule has 1 N–H and O–H groups in total. The van der Waals surface area contributed by atoms with Crippen molar-refractivity contribution in [3.63, 3.8) is 0 Å². The third-order valence-electron chi connectivity index (χ3n) is 5.35. The second-order valence-corrected chi connectivity index (χ2v) is 6.61. The highest BCUT2D eigenvalue weighted by atomic mass is 16.5. The van der Waals surface area contributed by atoms with Gasteiger partial charge in [0.05, 0.1) is 13.2 Å². The molecular weight excluding hydrogens is 282 g/mol. The van der Waals surface area contributed by atoms with Gasteiger partial charge in [-0.1, -0.05) is 24.3 Å². The van der Waals surface area contributed by atoms with Gasteiger partial charge in [0.15, 0.2) is 0 Å². The predicted octanol–water partition coefficient (Wildman–Crippen LogP) is 1.55. The van der Waals surface area contributed by atoms with Crippen molar-refractivity contribution in [3.8, 4) is 0 Å². The number of aryl methyl sites for hydroxylation is 1. The van der Waals surface area contributed by atoms with Crippen LogP contribution in [-0.2, 0) is 26.3 Å². The Bertz CT molecular complexity index is 648. The van der Waals surface area contributed by atoms with E-state index < -0.39 is 17.0 Å². The molecule has 2 aliphatic carbocycles. The number of carbonyl (C=O) groups excluding carboxylic acids is 1. The number of rotatable bonds is 2. The highest BCUT2D eigenvalue weighted by Crippen LogP contribution is 2.49. The summed E-state index contributed by atoms with van der Waals surface area (Å²) in [4.78, 5) is 25.8. The van der Waals surface area contributed by atoms with Gasteiger partial charge >= 0.3 is 5.97 Å². The van der Waals surface area contributed by atoms with Gasteiger partial charge in [-0.15, -0.1) is 0 Å². The lowest BCUT2D eigenvalue weighted by molar-refractivity contribution is -0.164. The van der Waals surface area contributed by atoms with Crippen molar-refractivity contribution in [2.75, 3.05) is 19.7 Å². The van der Waals surface area contributed by atoms with Crippen LogP contribution < -0.4 is 0 Å². The van der Waals surface area contributed by atoms with Gasteiger partial charge in [0.1, 0.15) is 11.0 Å². The van der Waals surface area contributed by atoms with Crippen molar-refractivity contribution in [2.45, 2.75) is 31.3 Å². The number of benzene rings is 1. The Balaban J connectivity index is 1.61. The van der Waals surface area contributed by atoms with Crippen LogP contribution in [0.1, 0.15) is 30.4 Å². The van der Waals surface area contributed by atoms with E-state index >= 15 is 0 Å². The monoisotopic (exact) mass is 301 g/mol. The Kier molecular flexibility index (Phi) is 2.85. The molecule has 116 valence electrons. The molecule has 1 saturated heterocycles. The van der Waals surface area contributed by atoms with Crippen molar-refractivity contribution in [2.24, 2.45) is 5.41 Å². The van der Waals surface area contributed by atoms with Crippen LogP contribution in [0.15, 0.2) is 24.3 Å². The second-order valence-electron chi connectivity index (χ2n) is 6.61. The first kappa shape index (κ1) is 13.8. The average Bonchev–Trinajstić information content (AvgIpc) is 3.29. The first-order chi connectivity index (χ1) is 10.6. The molecule has 0 bridgehead atoms. The number of amides is 1. The smallest absolute Gasteiger partial charge is 0.319 e. The largest absolute Gasteiger partial charge is 0.480 e. The summed E-state index contributed by atoms with van der Waals surface area (Å²) in [5.74, 6) is -1.21. The summed E-state index contributed by atoms with van der Waals surface area (Å²) in [6.45, 7) is 1.42. The van der Waals surface area contributed by atoms with Crippen LogP contribution in [0.25, 0.3) is 0 Å². The molecule has 1 heterocycles. The van der Waals surface area contributed by atoms with Crippen LogP contribution in [0.2, 0.25) is 0 Å². The molecule has 22 heavy (non-hydrogen) atoms. The Labute approximate surface area is 128 Å². The van der Waals surface area contributed by atoms with Gasteiger partial charge in [0, 0.05) is 6.54 Å².